The first-order valence-electron chi connectivity index (χ1n) is 13.6. The van der Waals surface area contributed by atoms with E-state index in [9.17, 15) is 18.0 Å². The lowest BCUT2D eigenvalue weighted by atomic mass is 10.0. The van der Waals surface area contributed by atoms with Crippen LogP contribution in [0.3, 0.4) is 0 Å². The number of hydrogen-bond donors (Lipinski definition) is 0. The number of ether oxygens (including phenoxy) is 2. The van der Waals surface area contributed by atoms with E-state index in [2.05, 4.69) is 38.9 Å². The van der Waals surface area contributed by atoms with E-state index in [1.807, 2.05) is 36.6 Å². The van der Waals surface area contributed by atoms with E-state index in [4.69, 9.17) is 4.74 Å². The lowest BCUT2D eigenvalue weighted by Gasteiger charge is -2.33. The van der Waals surface area contributed by atoms with E-state index in [1.54, 1.807) is 0 Å². The van der Waals surface area contributed by atoms with Crippen LogP contribution in [0.5, 0.6) is 11.5 Å². The number of rotatable bonds is 9. The number of carbonyl (C=O) groups excluding carboxylic acids is 1. The maximum absolute atomic E-state index is 13.2. The quantitative estimate of drug-likeness (QED) is 0.210. The van der Waals surface area contributed by atoms with Crippen molar-refractivity contribution in [2.24, 2.45) is 0 Å². The number of aryl methyl sites for hydroxylation is 3. The molecule has 0 atom stereocenters. The molecule has 0 amide bonds. The summed E-state index contributed by atoms with van der Waals surface area (Å²) in [6, 6.07) is 17.8. The zero-order chi connectivity index (χ0) is 28.3. The molecule has 0 bridgehead atoms. The number of imidazole rings is 1. The second-order valence-corrected chi connectivity index (χ2v) is 10.1. The number of pyridine rings is 1. The van der Waals surface area contributed by atoms with Crippen molar-refractivity contribution in [3.63, 3.8) is 0 Å². The summed E-state index contributed by atoms with van der Waals surface area (Å²) < 4.78 is 48.8. The highest BCUT2D eigenvalue weighted by Gasteiger charge is 2.31. The van der Waals surface area contributed by atoms with Crippen LogP contribution >= 0.6 is 0 Å². The van der Waals surface area contributed by atoms with Gasteiger partial charge in [0.2, 0.25) is 0 Å². The van der Waals surface area contributed by atoms with Crippen LogP contribution in [0.15, 0.2) is 66.9 Å². The minimum atomic E-state index is -4.71. The zero-order valence-electron chi connectivity index (χ0n) is 22.6. The van der Waals surface area contributed by atoms with Gasteiger partial charge in [-0.25, -0.2) is 4.98 Å². The van der Waals surface area contributed by atoms with Crippen LogP contribution in [0.25, 0.3) is 5.65 Å². The Morgan fingerprint density at radius 3 is 2.30 bits per heavy atom. The zero-order valence-corrected chi connectivity index (χ0v) is 22.6. The van der Waals surface area contributed by atoms with Gasteiger partial charge in [0.25, 0.3) is 0 Å². The predicted octanol–water partition coefficient (Wildman–Crippen LogP) is 6.97. The molecule has 6 nitrogen and oxygen atoms in total. The van der Waals surface area contributed by atoms with Crippen LogP contribution in [0.4, 0.5) is 18.9 Å². The first-order valence-corrected chi connectivity index (χ1v) is 13.6. The van der Waals surface area contributed by atoms with E-state index in [0.717, 1.165) is 54.1 Å². The molecule has 1 fully saturated rings. The minimum Gasteiger partial charge on any atom is -0.490 e. The molecule has 9 heteroatoms. The molecular formula is C31H32F3N3O3. The molecule has 1 aliphatic heterocycles. The lowest BCUT2D eigenvalue weighted by Crippen LogP contribution is -2.38. The van der Waals surface area contributed by atoms with Crippen molar-refractivity contribution >= 4 is 17.1 Å². The van der Waals surface area contributed by atoms with Crippen molar-refractivity contribution in [3.8, 4) is 11.5 Å². The molecule has 5 rings (SSSR count). The van der Waals surface area contributed by atoms with Gasteiger partial charge >= 0.3 is 6.36 Å². The lowest BCUT2D eigenvalue weighted by molar-refractivity contribution is -0.274. The van der Waals surface area contributed by atoms with Crippen molar-refractivity contribution in [1.29, 1.82) is 0 Å². The molecule has 210 valence electrons. The number of piperidine rings is 1. The number of anilines is 1. The van der Waals surface area contributed by atoms with Gasteiger partial charge in [0.05, 0.1) is 5.69 Å². The molecular weight excluding hydrogens is 519 g/mol. The van der Waals surface area contributed by atoms with E-state index in [0.29, 0.717) is 30.7 Å². The summed E-state index contributed by atoms with van der Waals surface area (Å²) >= 11 is 0. The van der Waals surface area contributed by atoms with Gasteiger partial charge in [-0.3, -0.25) is 9.20 Å². The summed E-state index contributed by atoms with van der Waals surface area (Å²) in [4.78, 5) is 20.1. The first-order chi connectivity index (χ1) is 19.2. The Labute approximate surface area is 231 Å². The highest BCUT2D eigenvalue weighted by Crippen LogP contribution is 2.28. The fourth-order valence-corrected chi connectivity index (χ4v) is 5.14. The molecule has 1 saturated heterocycles. The van der Waals surface area contributed by atoms with E-state index in [-0.39, 0.29) is 17.6 Å². The van der Waals surface area contributed by atoms with Crippen LogP contribution in [0.1, 0.15) is 53.5 Å². The van der Waals surface area contributed by atoms with Crippen molar-refractivity contribution in [1.82, 2.24) is 9.38 Å². The van der Waals surface area contributed by atoms with Crippen molar-refractivity contribution in [3.05, 3.63) is 89.4 Å². The summed E-state index contributed by atoms with van der Waals surface area (Å²) in [5.41, 5.74) is 5.64. The fourth-order valence-electron chi connectivity index (χ4n) is 5.14. The Balaban J connectivity index is 1.12. The number of hydrogen-bond acceptors (Lipinski definition) is 5. The van der Waals surface area contributed by atoms with Crippen LogP contribution in [-0.4, -0.2) is 40.7 Å². The van der Waals surface area contributed by atoms with Gasteiger partial charge in [0.1, 0.15) is 28.9 Å². The standard InChI is InChI=1S/C31H32F3N3O3/c1-3-27-30(37-20-21(2)4-15-29(37)35-27)28(38)14-7-22-5-8-23(9-6-22)36-18-16-25(17-19-36)39-24-10-12-26(13-11-24)40-31(32,33)34/h4-6,8-13,15,20,25H,3,7,14,16-19H2,1-2H3. The molecule has 4 aromatic rings. The van der Waals surface area contributed by atoms with E-state index < -0.39 is 6.36 Å². The van der Waals surface area contributed by atoms with Gasteiger partial charge in [-0.2, -0.15) is 0 Å². The van der Waals surface area contributed by atoms with Gasteiger partial charge in [-0.1, -0.05) is 25.1 Å². The SMILES string of the molecule is CCc1nc2ccc(C)cn2c1C(=O)CCc1ccc(N2CCC(Oc3ccc(OC(F)(F)F)cc3)CC2)cc1. The molecule has 40 heavy (non-hydrogen) atoms. The monoisotopic (exact) mass is 551 g/mol. The molecule has 3 heterocycles. The number of nitrogens with zero attached hydrogens (tertiary/aromatic N) is 3. The number of alkyl halides is 3. The second-order valence-electron chi connectivity index (χ2n) is 10.1. The maximum atomic E-state index is 13.2. The Kier molecular flexibility index (Phi) is 8.00. The van der Waals surface area contributed by atoms with E-state index >= 15 is 0 Å². The summed E-state index contributed by atoms with van der Waals surface area (Å²) in [7, 11) is 0. The highest BCUT2D eigenvalue weighted by molar-refractivity contribution is 5.96. The van der Waals surface area contributed by atoms with Crippen LogP contribution in [0, 0.1) is 6.92 Å². The third-order valence-electron chi connectivity index (χ3n) is 7.18. The third kappa shape index (κ3) is 6.58. The second kappa shape index (κ2) is 11.6. The summed E-state index contributed by atoms with van der Waals surface area (Å²) in [6.45, 7) is 5.65. The average molecular weight is 552 g/mol. The molecule has 2 aromatic carbocycles. The number of carbonyl (C=O) groups is 1. The number of aromatic nitrogens is 2. The Hall–Kier alpha value is -4.01. The first kappa shape index (κ1) is 27.6. The van der Waals surface area contributed by atoms with Gasteiger partial charge in [-0.05, 0) is 73.4 Å². The summed E-state index contributed by atoms with van der Waals surface area (Å²) in [5.74, 6) is 0.360. The van der Waals surface area contributed by atoms with Gasteiger partial charge < -0.3 is 14.4 Å². The Bertz CT molecular complexity index is 1460. The van der Waals surface area contributed by atoms with Crippen LogP contribution in [-0.2, 0) is 12.8 Å². The van der Waals surface area contributed by atoms with Crippen molar-refractivity contribution in [2.75, 3.05) is 18.0 Å². The molecule has 0 unspecified atom stereocenters. The minimum absolute atomic E-state index is 0.00709. The van der Waals surface area contributed by atoms with Crippen LogP contribution < -0.4 is 14.4 Å². The predicted molar refractivity (Wildman–Crippen MR) is 147 cm³/mol. The topological polar surface area (TPSA) is 56.1 Å². The highest BCUT2D eigenvalue weighted by atomic mass is 19.4. The molecule has 0 N–H and O–H groups in total. The van der Waals surface area contributed by atoms with Crippen molar-refractivity contribution in [2.45, 2.75) is 58.4 Å². The Morgan fingerprint density at radius 2 is 1.65 bits per heavy atom. The fraction of sp³-hybridized carbons (Fsp3) is 0.355. The molecule has 0 aliphatic carbocycles. The normalized spacial score (nSPS) is 14.5. The van der Waals surface area contributed by atoms with Gasteiger partial charge in [-0.15, -0.1) is 13.2 Å². The molecule has 0 saturated carbocycles. The molecule has 1 aliphatic rings. The summed E-state index contributed by atoms with van der Waals surface area (Å²) in [5, 5.41) is 0. The largest absolute Gasteiger partial charge is 0.573 e. The average Bonchev–Trinajstić information content (AvgIpc) is 3.30. The van der Waals surface area contributed by atoms with Gasteiger partial charge in [0.15, 0.2) is 5.78 Å². The maximum Gasteiger partial charge on any atom is 0.573 e. The third-order valence-corrected chi connectivity index (χ3v) is 7.18. The number of Topliss-reactive ketones (excluding diaryl/α,β-unsaturated/α-hetero) is 1. The molecule has 0 radical (unpaired) electrons. The molecule has 2 aromatic heterocycles. The smallest absolute Gasteiger partial charge is 0.490 e. The van der Waals surface area contributed by atoms with Gasteiger partial charge in [0, 0.05) is 44.2 Å². The number of benzene rings is 2. The number of ketones is 1. The number of halogens is 3. The molecule has 0 spiro atoms. The summed E-state index contributed by atoms with van der Waals surface area (Å²) in [6.07, 6.45) is 0.642. The van der Waals surface area contributed by atoms with Crippen molar-refractivity contribution < 1.29 is 27.4 Å². The number of fused-ring (bicyclic) bond motifs is 1. The van der Waals surface area contributed by atoms with E-state index in [1.165, 1.54) is 24.3 Å². The Morgan fingerprint density at radius 1 is 0.975 bits per heavy atom. The van der Waals surface area contributed by atoms with Crippen LogP contribution in [0.2, 0.25) is 0 Å².